The zero-order valence-corrected chi connectivity index (χ0v) is 12.1. The van der Waals surface area contributed by atoms with Gasteiger partial charge in [0.25, 0.3) is 0 Å². The molecule has 0 radical (unpaired) electrons. The van der Waals surface area contributed by atoms with Gasteiger partial charge in [0.05, 0.1) is 18.0 Å². The number of nitrogens with zero attached hydrogens (tertiary/aromatic N) is 2. The average molecular weight is 290 g/mol. The third kappa shape index (κ3) is 3.11. The van der Waals surface area contributed by atoms with Gasteiger partial charge in [-0.05, 0) is 31.7 Å². The van der Waals surface area contributed by atoms with Crippen LogP contribution in [0.1, 0.15) is 29.3 Å². The SMILES string of the molecule is CCN1C(=O)CC(N(C)Cc2ccc(C(=O)O)cc2)C1=O. The van der Waals surface area contributed by atoms with E-state index < -0.39 is 12.0 Å². The molecule has 1 aromatic carbocycles. The Labute approximate surface area is 123 Å². The number of amides is 2. The molecule has 0 spiro atoms. The maximum atomic E-state index is 12.1. The second-order valence-electron chi connectivity index (χ2n) is 5.11. The molecule has 0 bridgehead atoms. The van der Waals surface area contributed by atoms with Crippen molar-refractivity contribution in [3.63, 3.8) is 0 Å². The summed E-state index contributed by atoms with van der Waals surface area (Å²) in [5.41, 5.74) is 1.13. The molecule has 0 aliphatic carbocycles. The van der Waals surface area contributed by atoms with E-state index in [9.17, 15) is 14.4 Å². The zero-order valence-electron chi connectivity index (χ0n) is 12.1. The van der Waals surface area contributed by atoms with Crippen LogP contribution in [0, 0.1) is 0 Å². The lowest BCUT2D eigenvalue weighted by molar-refractivity contribution is -0.139. The summed E-state index contributed by atoms with van der Waals surface area (Å²) in [5.74, 6) is -1.27. The Hall–Kier alpha value is -2.21. The predicted molar refractivity (Wildman–Crippen MR) is 75.7 cm³/mol. The van der Waals surface area contributed by atoms with E-state index in [0.717, 1.165) is 5.56 Å². The molecule has 1 unspecified atom stereocenters. The molecule has 6 nitrogen and oxygen atoms in total. The number of hydrogen-bond donors (Lipinski definition) is 1. The molecule has 1 aromatic rings. The van der Waals surface area contributed by atoms with Gasteiger partial charge in [-0.15, -0.1) is 0 Å². The normalized spacial score (nSPS) is 18.6. The summed E-state index contributed by atoms with van der Waals surface area (Å²) in [4.78, 5) is 37.7. The fraction of sp³-hybridized carbons (Fsp3) is 0.400. The van der Waals surface area contributed by atoms with E-state index in [2.05, 4.69) is 0 Å². The van der Waals surface area contributed by atoms with Crippen molar-refractivity contribution < 1.29 is 19.5 Å². The molecular formula is C15H18N2O4. The quantitative estimate of drug-likeness (QED) is 0.817. The van der Waals surface area contributed by atoms with Gasteiger partial charge in [-0.3, -0.25) is 19.4 Å². The first-order valence-corrected chi connectivity index (χ1v) is 6.80. The summed E-state index contributed by atoms with van der Waals surface area (Å²) in [6.07, 6.45) is 0.205. The van der Waals surface area contributed by atoms with Crippen LogP contribution in [0.2, 0.25) is 0 Å². The van der Waals surface area contributed by atoms with Crippen molar-refractivity contribution in [2.75, 3.05) is 13.6 Å². The number of imide groups is 1. The van der Waals surface area contributed by atoms with Gasteiger partial charge in [0.15, 0.2) is 0 Å². The summed E-state index contributed by atoms with van der Waals surface area (Å²) in [6.45, 7) is 2.67. The van der Waals surface area contributed by atoms with Crippen LogP contribution in [0.5, 0.6) is 0 Å². The van der Waals surface area contributed by atoms with Gasteiger partial charge in [0, 0.05) is 13.1 Å². The molecule has 1 atom stereocenters. The van der Waals surface area contributed by atoms with Crippen LogP contribution < -0.4 is 0 Å². The van der Waals surface area contributed by atoms with E-state index in [1.807, 2.05) is 4.90 Å². The number of carboxylic acid groups (broad SMARTS) is 1. The second kappa shape index (κ2) is 6.05. The van der Waals surface area contributed by atoms with Crippen LogP contribution in [0.3, 0.4) is 0 Å². The topological polar surface area (TPSA) is 77.9 Å². The highest BCUT2D eigenvalue weighted by molar-refractivity contribution is 6.05. The highest BCUT2D eigenvalue weighted by atomic mass is 16.4. The number of likely N-dealkylation sites (tertiary alicyclic amines) is 1. The fourth-order valence-corrected chi connectivity index (χ4v) is 2.49. The summed E-state index contributed by atoms with van der Waals surface area (Å²) >= 11 is 0. The van der Waals surface area contributed by atoms with Crippen LogP contribution in [-0.4, -0.2) is 52.3 Å². The lowest BCUT2D eigenvalue weighted by atomic mass is 10.1. The van der Waals surface area contributed by atoms with Gasteiger partial charge in [0.1, 0.15) is 0 Å². The van der Waals surface area contributed by atoms with E-state index in [1.54, 1.807) is 26.1 Å². The Morgan fingerprint density at radius 3 is 2.43 bits per heavy atom. The minimum absolute atomic E-state index is 0.138. The number of carbonyl (C=O) groups excluding carboxylic acids is 2. The van der Waals surface area contributed by atoms with E-state index in [-0.39, 0.29) is 23.8 Å². The average Bonchev–Trinajstić information content (AvgIpc) is 2.74. The lowest BCUT2D eigenvalue weighted by Gasteiger charge is -2.22. The number of carboxylic acids is 1. The number of likely N-dealkylation sites (N-methyl/N-ethyl adjacent to an activating group) is 2. The Morgan fingerprint density at radius 2 is 1.95 bits per heavy atom. The molecule has 1 aliphatic rings. The first kappa shape index (κ1) is 15.2. The Morgan fingerprint density at radius 1 is 1.33 bits per heavy atom. The molecule has 1 heterocycles. The molecule has 1 saturated heterocycles. The van der Waals surface area contributed by atoms with Crippen LogP contribution in [0.4, 0.5) is 0 Å². The second-order valence-corrected chi connectivity index (χ2v) is 5.11. The molecule has 1 N–H and O–H groups in total. The van der Waals surface area contributed by atoms with Gasteiger partial charge in [0.2, 0.25) is 11.8 Å². The maximum Gasteiger partial charge on any atom is 0.335 e. The van der Waals surface area contributed by atoms with E-state index in [4.69, 9.17) is 5.11 Å². The Balaban J connectivity index is 2.04. The molecule has 112 valence electrons. The van der Waals surface area contributed by atoms with Crippen molar-refractivity contribution in [2.24, 2.45) is 0 Å². The molecule has 2 rings (SSSR count). The zero-order chi connectivity index (χ0) is 15.6. The smallest absolute Gasteiger partial charge is 0.335 e. The van der Waals surface area contributed by atoms with Crippen molar-refractivity contribution in [1.82, 2.24) is 9.80 Å². The summed E-state index contributed by atoms with van der Waals surface area (Å²) < 4.78 is 0. The summed E-state index contributed by atoms with van der Waals surface area (Å²) in [5, 5.41) is 8.85. The van der Waals surface area contributed by atoms with Crippen LogP contribution >= 0.6 is 0 Å². The maximum absolute atomic E-state index is 12.1. The van der Waals surface area contributed by atoms with E-state index >= 15 is 0 Å². The predicted octanol–water partition coefficient (Wildman–Crippen LogP) is 0.964. The molecule has 0 saturated carbocycles. The highest BCUT2D eigenvalue weighted by Crippen LogP contribution is 2.19. The number of aromatic carboxylic acids is 1. The summed E-state index contributed by atoms with van der Waals surface area (Å²) in [7, 11) is 1.79. The molecular weight excluding hydrogens is 272 g/mol. The van der Waals surface area contributed by atoms with Gasteiger partial charge in [-0.2, -0.15) is 0 Å². The summed E-state index contributed by atoms with van der Waals surface area (Å²) in [6, 6.07) is 6.07. The van der Waals surface area contributed by atoms with Gasteiger partial charge in [-0.1, -0.05) is 12.1 Å². The van der Waals surface area contributed by atoms with Gasteiger partial charge >= 0.3 is 5.97 Å². The molecule has 2 amide bonds. The standard InChI is InChI=1S/C15H18N2O4/c1-3-17-13(18)8-12(14(17)19)16(2)9-10-4-6-11(7-5-10)15(20)21/h4-7,12H,3,8-9H2,1-2H3,(H,20,21). The third-order valence-corrected chi connectivity index (χ3v) is 3.70. The molecule has 1 aliphatic heterocycles. The lowest BCUT2D eigenvalue weighted by Crippen LogP contribution is -2.39. The van der Waals surface area contributed by atoms with Crippen molar-refractivity contribution in [3.05, 3.63) is 35.4 Å². The number of rotatable bonds is 5. The Bertz CT molecular complexity index is 568. The largest absolute Gasteiger partial charge is 0.478 e. The first-order valence-electron chi connectivity index (χ1n) is 6.80. The molecule has 6 heteroatoms. The molecule has 0 aromatic heterocycles. The van der Waals surface area contributed by atoms with Crippen molar-refractivity contribution in [2.45, 2.75) is 25.9 Å². The van der Waals surface area contributed by atoms with Crippen LogP contribution in [-0.2, 0) is 16.1 Å². The number of benzene rings is 1. The monoisotopic (exact) mass is 290 g/mol. The molecule has 1 fully saturated rings. The van der Waals surface area contributed by atoms with E-state index in [1.165, 1.54) is 17.0 Å². The van der Waals surface area contributed by atoms with Gasteiger partial charge < -0.3 is 5.11 Å². The molecule has 21 heavy (non-hydrogen) atoms. The Kier molecular flexibility index (Phi) is 4.37. The van der Waals surface area contributed by atoms with Crippen molar-refractivity contribution in [3.8, 4) is 0 Å². The minimum atomic E-state index is -0.968. The highest BCUT2D eigenvalue weighted by Gasteiger charge is 2.39. The first-order chi connectivity index (χ1) is 9.93. The van der Waals surface area contributed by atoms with Crippen molar-refractivity contribution in [1.29, 1.82) is 0 Å². The van der Waals surface area contributed by atoms with Crippen LogP contribution in [0.25, 0.3) is 0 Å². The van der Waals surface area contributed by atoms with E-state index in [0.29, 0.717) is 13.1 Å². The number of carbonyl (C=O) groups is 3. The van der Waals surface area contributed by atoms with Crippen LogP contribution in [0.15, 0.2) is 24.3 Å². The van der Waals surface area contributed by atoms with Gasteiger partial charge in [-0.25, -0.2) is 4.79 Å². The number of hydrogen-bond acceptors (Lipinski definition) is 4. The minimum Gasteiger partial charge on any atom is -0.478 e. The van der Waals surface area contributed by atoms with Crippen molar-refractivity contribution >= 4 is 17.8 Å². The fourth-order valence-electron chi connectivity index (χ4n) is 2.49. The third-order valence-electron chi connectivity index (χ3n) is 3.70.